The van der Waals surface area contributed by atoms with Crippen LogP contribution in [0.4, 0.5) is 5.69 Å². The molecule has 0 radical (unpaired) electrons. The van der Waals surface area contributed by atoms with Gasteiger partial charge in [-0.2, -0.15) is 12.7 Å². The highest BCUT2D eigenvalue weighted by molar-refractivity contribution is 7.90. The van der Waals surface area contributed by atoms with Crippen molar-refractivity contribution in [3.8, 4) is 0 Å². The van der Waals surface area contributed by atoms with Gasteiger partial charge < -0.3 is 5.32 Å². The van der Waals surface area contributed by atoms with Crippen molar-refractivity contribution < 1.29 is 8.42 Å². The van der Waals surface area contributed by atoms with E-state index < -0.39 is 10.2 Å². The average molecular weight is 299 g/mol. The Labute approximate surface area is 122 Å². The Kier molecular flexibility index (Phi) is 6.98. The first-order valence-electron chi connectivity index (χ1n) is 7.05. The van der Waals surface area contributed by atoms with Crippen LogP contribution in [0.15, 0.2) is 24.3 Å². The van der Waals surface area contributed by atoms with E-state index in [1.165, 1.54) is 4.31 Å². The Hall–Kier alpha value is -1.11. The van der Waals surface area contributed by atoms with Crippen LogP contribution in [0.5, 0.6) is 0 Å². The van der Waals surface area contributed by atoms with Crippen LogP contribution >= 0.6 is 0 Å². The van der Waals surface area contributed by atoms with Gasteiger partial charge in [0.1, 0.15) is 0 Å². The predicted octanol–water partition coefficient (Wildman–Crippen LogP) is 2.18. The molecule has 0 fully saturated rings. The van der Waals surface area contributed by atoms with Crippen molar-refractivity contribution >= 4 is 15.9 Å². The molecular weight excluding hydrogens is 274 g/mol. The molecule has 5 nitrogen and oxygen atoms in total. The molecule has 0 aliphatic carbocycles. The average Bonchev–Trinajstić information content (AvgIpc) is 2.41. The lowest BCUT2D eigenvalue weighted by Gasteiger charge is -2.22. The maximum Gasteiger partial charge on any atom is 0.301 e. The number of anilines is 1. The molecule has 6 heteroatoms. The van der Waals surface area contributed by atoms with E-state index in [1.807, 2.05) is 39.1 Å². The van der Waals surface area contributed by atoms with Gasteiger partial charge in [-0.25, -0.2) is 0 Å². The smallest absolute Gasteiger partial charge is 0.301 e. The lowest BCUT2D eigenvalue weighted by Crippen LogP contribution is -2.37. The van der Waals surface area contributed by atoms with E-state index in [-0.39, 0.29) is 0 Å². The van der Waals surface area contributed by atoms with Gasteiger partial charge in [-0.15, -0.1) is 0 Å². The summed E-state index contributed by atoms with van der Waals surface area (Å²) in [6.07, 6.45) is 1.61. The van der Waals surface area contributed by atoms with Crippen LogP contribution in [0.3, 0.4) is 0 Å². The molecule has 0 saturated carbocycles. The van der Waals surface area contributed by atoms with Crippen LogP contribution in [0.2, 0.25) is 0 Å². The van der Waals surface area contributed by atoms with Crippen LogP contribution in [-0.4, -0.2) is 32.9 Å². The number of benzene rings is 1. The molecule has 114 valence electrons. The number of hydrogen-bond donors (Lipinski definition) is 2. The molecule has 0 bridgehead atoms. The van der Waals surface area contributed by atoms with E-state index in [2.05, 4.69) is 10.0 Å². The third kappa shape index (κ3) is 4.77. The summed E-state index contributed by atoms with van der Waals surface area (Å²) in [6, 6.07) is 7.44. The maximum absolute atomic E-state index is 12.4. The van der Waals surface area contributed by atoms with E-state index in [4.69, 9.17) is 0 Å². The summed E-state index contributed by atoms with van der Waals surface area (Å²) in [5.74, 6) is 0. The van der Waals surface area contributed by atoms with Crippen LogP contribution in [0, 0.1) is 0 Å². The predicted molar refractivity (Wildman–Crippen MR) is 83.9 cm³/mol. The fraction of sp³-hybridized carbons (Fsp3) is 0.571. The van der Waals surface area contributed by atoms with Gasteiger partial charge in [-0.1, -0.05) is 32.0 Å². The number of hydrogen-bond acceptors (Lipinski definition) is 3. The molecule has 1 aromatic rings. The largest absolute Gasteiger partial charge is 0.316 e. The van der Waals surface area contributed by atoms with Gasteiger partial charge in [0.05, 0.1) is 5.69 Å². The molecule has 0 saturated heterocycles. The second kappa shape index (κ2) is 8.24. The molecule has 1 aromatic carbocycles. The number of nitrogens with zero attached hydrogens (tertiary/aromatic N) is 1. The zero-order valence-corrected chi connectivity index (χ0v) is 13.3. The van der Waals surface area contributed by atoms with Crippen molar-refractivity contribution in [2.45, 2.75) is 33.2 Å². The van der Waals surface area contributed by atoms with Gasteiger partial charge in [-0.05, 0) is 31.5 Å². The highest BCUT2D eigenvalue weighted by atomic mass is 32.2. The molecule has 0 aliphatic heterocycles. The highest BCUT2D eigenvalue weighted by Gasteiger charge is 2.21. The molecular formula is C14H25N3O2S. The standard InChI is InChI=1S/C14H25N3O2S/c1-4-10-17(11-5-2)20(18,19)16-14-9-7-6-8-13(14)12-15-3/h6-9,15-16H,4-5,10-12H2,1-3H3. The Morgan fingerprint density at radius 3 is 2.25 bits per heavy atom. The molecule has 0 heterocycles. The Balaban J connectivity index is 2.94. The Bertz CT molecular complexity index is 497. The molecule has 0 spiro atoms. The third-order valence-electron chi connectivity index (χ3n) is 2.91. The Morgan fingerprint density at radius 2 is 1.70 bits per heavy atom. The van der Waals surface area contributed by atoms with Crippen LogP contribution in [-0.2, 0) is 16.8 Å². The molecule has 0 aromatic heterocycles. The van der Waals surface area contributed by atoms with Gasteiger partial charge in [-0.3, -0.25) is 4.72 Å². The van der Waals surface area contributed by atoms with Crippen molar-refractivity contribution in [1.82, 2.24) is 9.62 Å². The molecule has 0 unspecified atom stereocenters. The van der Waals surface area contributed by atoms with E-state index in [0.29, 0.717) is 25.3 Å². The first-order chi connectivity index (χ1) is 9.55. The fourth-order valence-electron chi connectivity index (χ4n) is 2.02. The molecule has 1 rings (SSSR count). The summed E-state index contributed by atoms with van der Waals surface area (Å²) in [7, 11) is -1.65. The summed E-state index contributed by atoms with van der Waals surface area (Å²) in [4.78, 5) is 0. The Morgan fingerprint density at radius 1 is 1.10 bits per heavy atom. The molecule has 0 aliphatic rings. The summed E-state index contributed by atoms with van der Waals surface area (Å²) in [6.45, 7) is 5.66. The number of nitrogens with one attached hydrogen (secondary N) is 2. The van der Waals surface area contributed by atoms with E-state index in [1.54, 1.807) is 6.07 Å². The van der Waals surface area contributed by atoms with Gasteiger partial charge >= 0.3 is 10.2 Å². The van der Waals surface area contributed by atoms with E-state index in [9.17, 15) is 8.42 Å². The van der Waals surface area contributed by atoms with Gasteiger partial charge in [0.15, 0.2) is 0 Å². The number of rotatable bonds is 9. The zero-order valence-electron chi connectivity index (χ0n) is 12.5. The molecule has 2 N–H and O–H groups in total. The van der Waals surface area contributed by atoms with Gasteiger partial charge in [0.2, 0.25) is 0 Å². The molecule has 0 amide bonds. The minimum atomic E-state index is -3.48. The summed E-state index contributed by atoms with van der Waals surface area (Å²) < 4.78 is 29.1. The topological polar surface area (TPSA) is 61.4 Å². The van der Waals surface area contributed by atoms with E-state index in [0.717, 1.165) is 18.4 Å². The molecule has 0 atom stereocenters. The van der Waals surface area contributed by atoms with Crippen molar-refractivity contribution in [1.29, 1.82) is 0 Å². The third-order valence-corrected chi connectivity index (χ3v) is 4.43. The summed E-state index contributed by atoms with van der Waals surface area (Å²) in [5, 5.41) is 3.04. The lowest BCUT2D eigenvalue weighted by atomic mass is 10.2. The maximum atomic E-state index is 12.4. The SMILES string of the molecule is CCCN(CCC)S(=O)(=O)Nc1ccccc1CNC. The molecule has 20 heavy (non-hydrogen) atoms. The minimum Gasteiger partial charge on any atom is -0.316 e. The summed E-state index contributed by atoms with van der Waals surface area (Å²) >= 11 is 0. The van der Waals surface area contributed by atoms with Crippen molar-refractivity contribution in [2.75, 3.05) is 24.9 Å². The number of para-hydroxylation sites is 1. The second-order valence-electron chi connectivity index (χ2n) is 4.69. The van der Waals surface area contributed by atoms with Gasteiger partial charge in [0, 0.05) is 19.6 Å². The zero-order chi connectivity index (χ0) is 15.0. The highest BCUT2D eigenvalue weighted by Crippen LogP contribution is 2.18. The van der Waals surface area contributed by atoms with Crippen molar-refractivity contribution in [2.24, 2.45) is 0 Å². The first kappa shape index (κ1) is 16.9. The van der Waals surface area contributed by atoms with Crippen LogP contribution in [0.1, 0.15) is 32.3 Å². The minimum absolute atomic E-state index is 0.539. The first-order valence-corrected chi connectivity index (χ1v) is 8.49. The van der Waals surface area contributed by atoms with Crippen molar-refractivity contribution in [3.63, 3.8) is 0 Å². The van der Waals surface area contributed by atoms with E-state index >= 15 is 0 Å². The fourth-order valence-corrected chi connectivity index (χ4v) is 3.47. The normalized spacial score (nSPS) is 11.8. The lowest BCUT2D eigenvalue weighted by molar-refractivity contribution is 0.413. The van der Waals surface area contributed by atoms with Crippen LogP contribution in [0.25, 0.3) is 0 Å². The quantitative estimate of drug-likeness (QED) is 0.735. The summed E-state index contributed by atoms with van der Waals surface area (Å²) in [5.41, 5.74) is 1.57. The van der Waals surface area contributed by atoms with Gasteiger partial charge in [0.25, 0.3) is 0 Å². The second-order valence-corrected chi connectivity index (χ2v) is 6.36. The van der Waals surface area contributed by atoms with Crippen LogP contribution < -0.4 is 10.0 Å². The monoisotopic (exact) mass is 299 g/mol. The van der Waals surface area contributed by atoms with Crippen molar-refractivity contribution in [3.05, 3.63) is 29.8 Å².